The second-order valence-corrected chi connectivity index (χ2v) is 5.72. The van der Waals surface area contributed by atoms with Crippen molar-refractivity contribution in [2.45, 2.75) is 52.5 Å². The summed E-state index contributed by atoms with van der Waals surface area (Å²) >= 11 is 5.89. The topological polar surface area (TPSA) is 12.0 Å². The van der Waals surface area contributed by atoms with Crippen LogP contribution in [-0.2, 0) is 0 Å². The molecular formula is C16H25ClFN. The highest BCUT2D eigenvalue weighted by atomic mass is 35.5. The van der Waals surface area contributed by atoms with Gasteiger partial charge in [-0.2, -0.15) is 0 Å². The molecule has 3 heteroatoms. The maximum Gasteiger partial charge on any atom is 0.141 e. The maximum absolute atomic E-state index is 13.2. The van der Waals surface area contributed by atoms with Gasteiger partial charge in [-0.3, -0.25) is 0 Å². The first-order chi connectivity index (χ1) is 9.08. The molecule has 0 aliphatic heterocycles. The van der Waals surface area contributed by atoms with Crippen LogP contribution in [0.15, 0.2) is 18.2 Å². The Morgan fingerprint density at radius 2 is 2.00 bits per heavy atom. The number of hydrogen-bond donors (Lipinski definition) is 1. The zero-order valence-electron chi connectivity index (χ0n) is 12.2. The van der Waals surface area contributed by atoms with Crippen molar-refractivity contribution in [1.29, 1.82) is 0 Å². The second-order valence-electron chi connectivity index (χ2n) is 5.31. The molecule has 1 nitrogen and oxygen atoms in total. The van der Waals surface area contributed by atoms with E-state index in [1.165, 1.54) is 18.9 Å². The lowest BCUT2D eigenvalue weighted by Crippen LogP contribution is -2.24. The normalized spacial score (nSPS) is 14.4. The van der Waals surface area contributed by atoms with E-state index >= 15 is 0 Å². The molecule has 1 N–H and O–H groups in total. The molecule has 2 atom stereocenters. The van der Waals surface area contributed by atoms with E-state index in [1.54, 1.807) is 6.07 Å². The van der Waals surface area contributed by atoms with E-state index in [0.717, 1.165) is 24.9 Å². The van der Waals surface area contributed by atoms with Crippen LogP contribution < -0.4 is 5.32 Å². The summed E-state index contributed by atoms with van der Waals surface area (Å²) in [6.45, 7) is 7.60. The lowest BCUT2D eigenvalue weighted by atomic mass is 9.93. The van der Waals surface area contributed by atoms with E-state index < -0.39 is 0 Å². The summed E-state index contributed by atoms with van der Waals surface area (Å²) < 4.78 is 13.2. The molecule has 0 radical (unpaired) electrons. The molecule has 0 bridgehead atoms. The van der Waals surface area contributed by atoms with Crippen LogP contribution in [-0.4, -0.2) is 6.54 Å². The molecule has 1 aromatic rings. The van der Waals surface area contributed by atoms with Gasteiger partial charge in [0.1, 0.15) is 5.82 Å². The van der Waals surface area contributed by atoms with Gasteiger partial charge in [0.25, 0.3) is 0 Å². The summed E-state index contributed by atoms with van der Waals surface area (Å²) in [6, 6.07) is 5.32. The molecule has 0 fully saturated rings. The molecule has 0 saturated carbocycles. The van der Waals surface area contributed by atoms with Gasteiger partial charge in [-0.05, 0) is 43.0 Å². The van der Waals surface area contributed by atoms with Gasteiger partial charge in [-0.15, -0.1) is 0 Å². The van der Waals surface area contributed by atoms with Crippen molar-refractivity contribution in [3.63, 3.8) is 0 Å². The van der Waals surface area contributed by atoms with Crippen molar-refractivity contribution in [2.24, 2.45) is 5.92 Å². The van der Waals surface area contributed by atoms with Crippen molar-refractivity contribution in [2.75, 3.05) is 6.54 Å². The highest BCUT2D eigenvalue weighted by Gasteiger charge is 2.15. The predicted molar refractivity (Wildman–Crippen MR) is 81.1 cm³/mol. The van der Waals surface area contributed by atoms with Gasteiger partial charge in [0.15, 0.2) is 0 Å². The summed E-state index contributed by atoms with van der Waals surface area (Å²) in [4.78, 5) is 0. The van der Waals surface area contributed by atoms with Crippen molar-refractivity contribution in [3.05, 3.63) is 34.6 Å². The molecule has 1 aromatic carbocycles. The largest absolute Gasteiger partial charge is 0.310 e. The monoisotopic (exact) mass is 285 g/mol. The van der Waals surface area contributed by atoms with E-state index in [2.05, 4.69) is 26.1 Å². The zero-order valence-corrected chi connectivity index (χ0v) is 12.9. The van der Waals surface area contributed by atoms with Gasteiger partial charge in [0, 0.05) is 6.04 Å². The Balaban J connectivity index is 2.79. The highest BCUT2D eigenvalue weighted by molar-refractivity contribution is 6.30. The summed E-state index contributed by atoms with van der Waals surface area (Å²) in [5.41, 5.74) is 1.09. The first-order valence-electron chi connectivity index (χ1n) is 7.26. The fourth-order valence-corrected chi connectivity index (χ4v) is 2.59. The number of benzene rings is 1. The van der Waals surface area contributed by atoms with Crippen LogP contribution in [0.25, 0.3) is 0 Å². The average Bonchev–Trinajstić information content (AvgIpc) is 2.38. The predicted octanol–water partition coefficient (Wildman–Crippen LogP) is 5.35. The third kappa shape index (κ3) is 5.50. The van der Waals surface area contributed by atoms with E-state index in [1.807, 2.05) is 6.07 Å². The molecule has 0 heterocycles. The average molecular weight is 286 g/mol. The number of rotatable bonds is 8. The molecular weight excluding hydrogens is 261 g/mol. The first-order valence-corrected chi connectivity index (χ1v) is 7.64. The molecule has 0 aliphatic carbocycles. The van der Waals surface area contributed by atoms with Crippen molar-refractivity contribution >= 4 is 11.6 Å². The van der Waals surface area contributed by atoms with Gasteiger partial charge in [0.2, 0.25) is 0 Å². The molecule has 0 spiro atoms. The highest BCUT2D eigenvalue weighted by Crippen LogP contribution is 2.27. The minimum atomic E-state index is -0.346. The van der Waals surface area contributed by atoms with Gasteiger partial charge in [-0.25, -0.2) is 4.39 Å². The van der Waals surface area contributed by atoms with Gasteiger partial charge >= 0.3 is 0 Å². The molecule has 2 unspecified atom stereocenters. The lowest BCUT2D eigenvalue weighted by Gasteiger charge is -2.23. The Bertz CT molecular complexity index is 381. The van der Waals surface area contributed by atoms with Crippen LogP contribution in [0, 0.1) is 11.7 Å². The maximum atomic E-state index is 13.2. The quantitative estimate of drug-likeness (QED) is 0.679. The summed E-state index contributed by atoms with van der Waals surface area (Å²) in [7, 11) is 0. The zero-order chi connectivity index (χ0) is 14.3. The summed E-state index contributed by atoms with van der Waals surface area (Å²) in [5.74, 6) is 0.310. The fourth-order valence-electron chi connectivity index (χ4n) is 2.40. The smallest absolute Gasteiger partial charge is 0.141 e. The molecule has 19 heavy (non-hydrogen) atoms. The van der Waals surface area contributed by atoms with Crippen LogP contribution in [0.5, 0.6) is 0 Å². The van der Waals surface area contributed by atoms with Crippen molar-refractivity contribution in [3.8, 4) is 0 Å². The Kier molecular flexibility index (Phi) is 7.40. The molecule has 108 valence electrons. The lowest BCUT2D eigenvalue weighted by molar-refractivity contribution is 0.390. The molecule has 0 saturated heterocycles. The van der Waals surface area contributed by atoms with Crippen LogP contribution in [0.2, 0.25) is 5.02 Å². The van der Waals surface area contributed by atoms with E-state index in [-0.39, 0.29) is 16.9 Å². The van der Waals surface area contributed by atoms with Gasteiger partial charge in [-0.1, -0.05) is 51.3 Å². The third-order valence-electron chi connectivity index (χ3n) is 3.41. The van der Waals surface area contributed by atoms with Crippen LogP contribution >= 0.6 is 11.6 Å². The van der Waals surface area contributed by atoms with E-state index in [4.69, 9.17) is 11.6 Å². The van der Waals surface area contributed by atoms with Gasteiger partial charge in [0.05, 0.1) is 5.02 Å². The third-order valence-corrected chi connectivity index (χ3v) is 3.70. The summed E-state index contributed by atoms with van der Waals surface area (Å²) in [6.07, 6.45) is 4.58. The SMILES string of the molecule is CCCNC(CC(C)CCC)c1ccc(F)c(Cl)c1. The van der Waals surface area contributed by atoms with Crippen LogP contribution in [0.3, 0.4) is 0 Å². The molecule has 0 aliphatic rings. The first kappa shape index (κ1) is 16.5. The minimum Gasteiger partial charge on any atom is -0.310 e. The van der Waals surface area contributed by atoms with Gasteiger partial charge < -0.3 is 5.32 Å². The Morgan fingerprint density at radius 1 is 1.26 bits per heavy atom. The minimum absolute atomic E-state index is 0.212. The van der Waals surface area contributed by atoms with Crippen molar-refractivity contribution in [1.82, 2.24) is 5.32 Å². The number of halogens is 2. The van der Waals surface area contributed by atoms with Crippen LogP contribution in [0.1, 0.15) is 58.1 Å². The molecule has 0 amide bonds. The Labute approximate surface area is 121 Å². The number of nitrogens with one attached hydrogen (secondary N) is 1. The molecule has 1 rings (SSSR count). The number of hydrogen-bond acceptors (Lipinski definition) is 1. The molecule has 0 aromatic heterocycles. The summed E-state index contributed by atoms with van der Waals surface area (Å²) in [5, 5.41) is 3.75. The van der Waals surface area contributed by atoms with Crippen molar-refractivity contribution < 1.29 is 4.39 Å². The Hall–Kier alpha value is -0.600. The fraction of sp³-hybridized carbons (Fsp3) is 0.625. The standard InChI is InChI=1S/C16H25ClFN/c1-4-6-12(3)10-16(19-9-5-2)13-7-8-15(18)14(17)11-13/h7-8,11-12,16,19H,4-6,9-10H2,1-3H3. The van der Waals surface area contributed by atoms with E-state index in [9.17, 15) is 4.39 Å². The van der Waals surface area contributed by atoms with Crippen LogP contribution in [0.4, 0.5) is 4.39 Å². The second kappa shape index (κ2) is 8.55. The van der Waals surface area contributed by atoms with E-state index in [0.29, 0.717) is 5.92 Å². The Morgan fingerprint density at radius 3 is 2.58 bits per heavy atom.